The molecule has 0 aliphatic carbocycles. The first-order chi connectivity index (χ1) is 8.88. The summed E-state index contributed by atoms with van der Waals surface area (Å²) in [6, 6.07) is 1.59. The van der Waals surface area contributed by atoms with Gasteiger partial charge in [0.05, 0.1) is 10.8 Å². The summed E-state index contributed by atoms with van der Waals surface area (Å²) in [5.74, 6) is -1.29. The number of fused-ring (bicyclic) bond motifs is 3. The molecule has 0 radical (unpaired) electrons. The van der Waals surface area contributed by atoms with E-state index in [9.17, 15) is 15.2 Å². The smallest absolute Gasteiger partial charge is 0.293 e. The Bertz CT molecular complexity index is 587. The number of nitrogens with zero attached hydrogens (tertiary/aromatic N) is 2. The summed E-state index contributed by atoms with van der Waals surface area (Å²) in [6.45, 7) is 4.56. The molecule has 0 bridgehead atoms. The lowest BCUT2D eigenvalue weighted by atomic mass is 9.90. The van der Waals surface area contributed by atoms with Crippen LogP contribution in [0.4, 0.5) is 11.4 Å². The molecule has 6 nitrogen and oxygen atoms in total. The van der Waals surface area contributed by atoms with Gasteiger partial charge < -0.3 is 10.0 Å². The summed E-state index contributed by atoms with van der Waals surface area (Å²) in [5, 5.41) is 25.1. The average molecular weight is 263 g/mol. The lowest BCUT2D eigenvalue weighted by molar-refractivity contribution is -0.384. The van der Waals surface area contributed by atoms with Gasteiger partial charge in [-0.3, -0.25) is 15.4 Å². The predicted molar refractivity (Wildman–Crippen MR) is 71.3 cm³/mol. The molecule has 0 unspecified atom stereocenters. The first-order valence-electron chi connectivity index (χ1n) is 6.37. The quantitative estimate of drug-likeness (QED) is 0.591. The summed E-state index contributed by atoms with van der Waals surface area (Å²) >= 11 is 0. The van der Waals surface area contributed by atoms with Crippen LogP contribution in [0.3, 0.4) is 0 Å². The third kappa shape index (κ3) is 1.38. The second kappa shape index (κ2) is 3.68. The van der Waals surface area contributed by atoms with Crippen LogP contribution in [0.5, 0.6) is 0 Å². The number of benzene rings is 1. The molecule has 2 atom stereocenters. The van der Waals surface area contributed by atoms with Crippen LogP contribution in [-0.4, -0.2) is 29.5 Å². The van der Waals surface area contributed by atoms with Crippen molar-refractivity contribution in [3.8, 4) is 0 Å². The number of nitro groups is 1. The number of aliphatic hydroxyl groups is 1. The van der Waals surface area contributed by atoms with Crippen molar-refractivity contribution in [1.29, 1.82) is 0 Å². The highest BCUT2D eigenvalue weighted by molar-refractivity contribution is 5.77. The van der Waals surface area contributed by atoms with Crippen molar-refractivity contribution < 1.29 is 10.0 Å². The fourth-order valence-corrected chi connectivity index (χ4v) is 3.42. The number of rotatable bonds is 1. The third-order valence-electron chi connectivity index (χ3n) is 4.54. The van der Waals surface area contributed by atoms with Gasteiger partial charge in [-0.05, 0) is 37.0 Å². The van der Waals surface area contributed by atoms with E-state index >= 15 is 0 Å². The Hall–Kier alpha value is -1.66. The molecule has 6 heteroatoms. The molecule has 3 rings (SSSR count). The lowest BCUT2D eigenvalue weighted by Gasteiger charge is -2.31. The Kier molecular flexibility index (Phi) is 2.40. The fraction of sp³-hybridized carbons (Fsp3) is 0.538. The highest BCUT2D eigenvalue weighted by atomic mass is 16.6. The van der Waals surface area contributed by atoms with Crippen molar-refractivity contribution in [2.24, 2.45) is 0 Å². The normalized spacial score (nSPS) is 28.4. The second-order valence-electron chi connectivity index (χ2n) is 5.41. The minimum Gasteiger partial charge on any atom is -0.358 e. The molecule has 2 aliphatic rings. The number of hydrogen-bond acceptors (Lipinski definition) is 5. The molecule has 102 valence electrons. The van der Waals surface area contributed by atoms with Gasteiger partial charge in [-0.1, -0.05) is 0 Å². The van der Waals surface area contributed by atoms with E-state index in [0.717, 1.165) is 23.1 Å². The molecule has 1 saturated heterocycles. The molecular formula is C13H17N3O3. The zero-order valence-corrected chi connectivity index (χ0v) is 11.2. The molecule has 2 N–H and O–H groups in total. The summed E-state index contributed by atoms with van der Waals surface area (Å²) in [4.78, 5) is 12.5. The summed E-state index contributed by atoms with van der Waals surface area (Å²) < 4.78 is 0. The van der Waals surface area contributed by atoms with Gasteiger partial charge in [-0.25, -0.2) is 0 Å². The molecular weight excluding hydrogens is 246 g/mol. The summed E-state index contributed by atoms with van der Waals surface area (Å²) in [5.41, 5.74) is 3.48. The molecule has 2 aliphatic heterocycles. The molecule has 0 aromatic heterocycles. The Morgan fingerprint density at radius 2 is 2.26 bits per heavy atom. The van der Waals surface area contributed by atoms with E-state index in [1.807, 2.05) is 13.8 Å². The number of nitro benzene ring substituents is 1. The fourth-order valence-electron chi connectivity index (χ4n) is 3.42. The molecule has 0 spiro atoms. The minimum atomic E-state index is -1.19. The Balaban J connectivity index is 2.33. The van der Waals surface area contributed by atoms with Crippen molar-refractivity contribution in [3.63, 3.8) is 0 Å². The first-order valence-corrected chi connectivity index (χ1v) is 6.37. The van der Waals surface area contributed by atoms with Crippen molar-refractivity contribution in [3.05, 3.63) is 32.9 Å². The number of anilines is 1. The van der Waals surface area contributed by atoms with Gasteiger partial charge in [0.1, 0.15) is 5.69 Å². The maximum absolute atomic E-state index is 11.3. The maximum atomic E-state index is 11.3. The number of aryl methyl sites for hydroxylation is 1. The van der Waals surface area contributed by atoms with Crippen molar-refractivity contribution >= 4 is 11.4 Å². The number of hydrogen-bond donors (Lipinski definition) is 2. The SMILES string of the molecule is Cc1cc([N+](=O)[O-])c2c(c1C)[C@@H]1CCN[C@]1(O)N2C. The van der Waals surface area contributed by atoms with Gasteiger partial charge in [0.25, 0.3) is 5.69 Å². The number of likely N-dealkylation sites (N-methyl/N-ethyl adjacent to an activating group) is 1. The maximum Gasteiger partial charge on any atom is 0.293 e. The molecule has 19 heavy (non-hydrogen) atoms. The second-order valence-corrected chi connectivity index (χ2v) is 5.41. The lowest BCUT2D eigenvalue weighted by Crippen LogP contribution is -2.53. The van der Waals surface area contributed by atoms with E-state index in [4.69, 9.17) is 0 Å². The van der Waals surface area contributed by atoms with Gasteiger partial charge >= 0.3 is 0 Å². The van der Waals surface area contributed by atoms with Gasteiger partial charge in [0, 0.05) is 19.7 Å². The van der Waals surface area contributed by atoms with Crippen LogP contribution >= 0.6 is 0 Å². The Morgan fingerprint density at radius 3 is 2.89 bits per heavy atom. The van der Waals surface area contributed by atoms with Crippen LogP contribution in [0.2, 0.25) is 0 Å². The van der Waals surface area contributed by atoms with Gasteiger partial charge in [-0.2, -0.15) is 0 Å². The van der Waals surface area contributed by atoms with E-state index < -0.39 is 5.85 Å². The van der Waals surface area contributed by atoms with Gasteiger partial charge in [0.2, 0.25) is 5.85 Å². The largest absolute Gasteiger partial charge is 0.358 e. The van der Waals surface area contributed by atoms with E-state index in [1.165, 1.54) is 0 Å². The zero-order valence-electron chi connectivity index (χ0n) is 11.2. The van der Waals surface area contributed by atoms with Crippen molar-refractivity contribution in [1.82, 2.24) is 5.32 Å². The summed E-state index contributed by atoms with van der Waals surface area (Å²) in [6.07, 6.45) is 0.787. The minimum absolute atomic E-state index is 0.0743. The van der Waals surface area contributed by atoms with Crippen LogP contribution in [0, 0.1) is 24.0 Å². The van der Waals surface area contributed by atoms with E-state index in [2.05, 4.69) is 5.32 Å². The van der Waals surface area contributed by atoms with Crippen LogP contribution in [0.1, 0.15) is 29.0 Å². The molecule has 2 heterocycles. The van der Waals surface area contributed by atoms with Gasteiger partial charge in [0.15, 0.2) is 0 Å². The van der Waals surface area contributed by atoms with E-state index in [1.54, 1.807) is 18.0 Å². The Morgan fingerprint density at radius 1 is 1.58 bits per heavy atom. The van der Waals surface area contributed by atoms with Crippen LogP contribution < -0.4 is 10.2 Å². The topological polar surface area (TPSA) is 78.6 Å². The summed E-state index contributed by atoms with van der Waals surface area (Å²) in [7, 11) is 1.71. The Labute approximate surface area is 111 Å². The van der Waals surface area contributed by atoms with Crippen LogP contribution in [0.25, 0.3) is 0 Å². The van der Waals surface area contributed by atoms with Gasteiger partial charge in [-0.15, -0.1) is 0 Å². The third-order valence-corrected chi connectivity index (χ3v) is 4.54. The number of nitrogens with one attached hydrogen (secondary N) is 1. The van der Waals surface area contributed by atoms with E-state index in [-0.39, 0.29) is 16.5 Å². The zero-order chi connectivity index (χ0) is 13.9. The molecule has 0 saturated carbocycles. The van der Waals surface area contributed by atoms with Crippen LogP contribution in [-0.2, 0) is 0 Å². The van der Waals surface area contributed by atoms with E-state index in [0.29, 0.717) is 12.2 Å². The highest BCUT2D eigenvalue weighted by Gasteiger charge is 2.55. The highest BCUT2D eigenvalue weighted by Crippen LogP contribution is 2.53. The molecule has 1 fully saturated rings. The van der Waals surface area contributed by atoms with Crippen molar-refractivity contribution in [2.45, 2.75) is 32.0 Å². The average Bonchev–Trinajstić information content (AvgIpc) is 2.81. The molecule has 1 aromatic carbocycles. The molecule has 0 amide bonds. The monoisotopic (exact) mass is 263 g/mol. The van der Waals surface area contributed by atoms with Crippen LogP contribution in [0.15, 0.2) is 6.07 Å². The molecule has 1 aromatic rings. The standard InChI is InChI=1S/C13H17N3O3/c1-7-6-10(16(18)19)12-11(8(7)2)9-4-5-14-13(9,17)15(12)3/h6,9,14,17H,4-5H2,1-3H3/t9-,13-/m0/s1. The predicted octanol–water partition coefficient (Wildman–Crippen LogP) is 1.38. The van der Waals surface area contributed by atoms with Crippen molar-refractivity contribution in [2.75, 3.05) is 18.5 Å². The first kappa shape index (κ1) is 12.4.